The van der Waals surface area contributed by atoms with Crippen molar-refractivity contribution >= 4 is 17.5 Å². The Balaban J connectivity index is 2.04. The first kappa shape index (κ1) is 14.5. The molecule has 1 aromatic carbocycles. The average molecular weight is 275 g/mol. The summed E-state index contributed by atoms with van der Waals surface area (Å²) in [7, 11) is 1.61. The van der Waals surface area contributed by atoms with Crippen LogP contribution in [0.2, 0.25) is 0 Å². The van der Waals surface area contributed by atoms with E-state index in [0.29, 0.717) is 0 Å². The van der Waals surface area contributed by atoms with Crippen LogP contribution in [0.15, 0.2) is 24.3 Å². The molecule has 0 aliphatic carbocycles. The fourth-order valence-corrected chi connectivity index (χ4v) is 2.37. The summed E-state index contributed by atoms with van der Waals surface area (Å²) < 4.78 is 0. The van der Waals surface area contributed by atoms with E-state index in [9.17, 15) is 9.59 Å². The molecule has 1 fully saturated rings. The monoisotopic (exact) mass is 275 g/mol. The SMILES string of the molecule is CNC(=O)Cc1ccccc1NC(=O)[C@@H]1CCCNC1. The van der Waals surface area contributed by atoms with Crippen LogP contribution < -0.4 is 16.0 Å². The van der Waals surface area contributed by atoms with Crippen molar-refractivity contribution in [1.82, 2.24) is 10.6 Å². The van der Waals surface area contributed by atoms with Crippen LogP contribution in [0.4, 0.5) is 5.69 Å². The van der Waals surface area contributed by atoms with Gasteiger partial charge in [0.05, 0.1) is 12.3 Å². The zero-order chi connectivity index (χ0) is 14.4. The van der Waals surface area contributed by atoms with Gasteiger partial charge in [-0.1, -0.05) is 18.2 Å². The molecule has 1 saturated heterocycles. The largest absolute Gasteiger partial charge is 0.359 e. The van der Waals surface area contributed by atoms with Gasteiger partial charge in [-0.05, 0) is 31.0 Å². The molecule has 0 radical (unpaired) electrons. The quantitative estimate of drug-likeness (QED) is 0.765. The number of rotatable bonds is 4. The van der Waals surface area contributed by atoms with Crippen molar-refractivity contribution in [2.75, 3.05) is 25.5 Å². The molecular formula is C15H21N3O2. The van der Waals surface area contributed by atoms with E-state index in [1.807, 2.05) is 24.3 Å². The molecule has 3 N–H and O–H groups in total. The highest BCUT2D eigenvalue weighted by molar-refractivity contribution is 5.94. The minimum atomic E-state index is -0.0639. The number of hydrogen-bond donors (Lipinski definition) is 3. The summed E-state index contributed by atoms with van der Waals surface area (Å²) >= 11 is 0. The number of carbonyl (C=O) groups excluding carboxylic acids is 2. The van der Waals surface area contributed by atoms with Crippen LogP contribution in [-0.2, 0) is 16.0 Å². The van der Waals surface area contributed by atoms with Crippen molar-refractivity contribution < 1.29 is 9.59 Å². The van der Waals surface area contributed by atoms with Crippen LogP contribution >= 0.6 is 0 Å². The number of benzene rings is 1. The second kappa shape index (κ2) is 7.05. The van der Waals surface area contributed by atoms with E-state index < -0.39 is 0 Å². The number of likely N-dealkylation sites (N-methyl/N-ethyl adjacent to an activating group) is 1. The van der Waals surface area contributed by atoms with Crippen LogP contribution in [-0.4, -0.2) is 32.0 Å². The zero-order valence-corrected chi connectivity index (χ0v) is 11.7. The zero-order valence-electron chi connectivity index (χ0n) is 11.7. The molecule has 1 atom stereocenters. The summed E-state index contributed by atoms with van der Waals surface area (Å²) in [5.41, 5.74) is 1.57. The first-order valence-corrected chi connectivity index (χ1v) is 7.00. The van der Waals surface area contributed by atoms with E-state index in [-0.39, 0.29) is 24.2 Å². The number of carbonyl (C=O) groups is 2. The minimum absolute atomic E-state index is 0.0109. The Morgan fingerprint density at radius 1 is 1.35 bits per heavy atom. The lowest BCUT2D eigenvalue weighted by molar-refractivity contribution is -0.121. The summed E-state index contributed by atoms with van der Waals surface area (Å²) in [4.78, 5) is 23.7. The van der Waals surface area contributed by atoms with Crippen molar-refractivity contribution in [3.05, 3.63) is 29.8 Å². The van der Waals surface area contributed by atoms with Crippen LogP contribution in [0, 0.1) is 5.92 Å². The smallest absolute Gasteiger partial charge is 0.228 e. The highest BCUT2D eigenvalue weighted by Gasteiger charge is 2.21. The minimum Gasteiger partial charge on any atom is -0.359 e. The summed E-state index contributed by atoms with van der Waals surface area (Å²) in [6, 6.07) is 7.44. The Labute approximate surface area is 119 Å². The maximum atomic E-state index is 12.2. The molecule has 1 aromatic rings. The van der Waals surface area contributed by atoms with Crippen LogP contribution in [0.25, 0.3) is 0 Å². The lowest BCUT2D eigenvalue weighted by Crippen LogP contribution is -2.37. The molecule has 2 amide bonds. The Hall–Kier alpha value is -1.88. The van der Waals surface area contributed by atoms with Gasteiger partial charge in [-0.25, -0.2) is 0 Å². The number of anilines is 1. The van der Waals surface area contributed by atoms with Gasteiger partial charge in [-0.15, -0.1) is 0 Å². The van der Waals surface area contributed by atoms with Gasteiger partial charge >= 0.3 is 0 Å². The molecule has 20 heavy (non-hydrogen) atoms. The van der Waals surface area contributed by atoms with Gasteiger partial charge in [-0.3, -0.25) is 9.59 Å². The predicted molar refractivity (Wildman–Crippen MR) is 78.4 cm³/mol. The third kappa shape index (κ3) is 3.81. The van der Waals surface area contributed by atoms with Gasteiger partial charge in [0.1, 0.15) is 0 Å². The van der Waals surface area contributed by atoms with E-state index in [1.165, 1.54) is 0 Å². The Bertz CT molecular complexity index is 482. The van der Waals surface area contributed by atoms with Gasteiger partial charge in [0.2, 0.25) is 11.8 Å². The topological polar surface area (TPSA) is 70.2 Å². The van der Waals surface area contributed by atoms with Crippen molar-refractivity contribution in [2.24, 2.45) is 5.92 Å². The van der Waals surface area contributed by atoms with Crippen LogP contribution in [0.3, 0.4) is 0 Å². The maximum Gasteiger partial charge on any atom is 0.228 e. The highest BCUT2D eigenvalue weighted by Crippen LogP contribution is 2.18. The van der Waals surface area contributed by atoms with Crippen molar-refractivity contribution in [3.63, 3.8) is 0 Å². The molecule has 0 aromatic heterocycles. The van der Waals surface area contributed by atoms with Crippen molar-refractivity contribution in [2.45, 2.75) is 19.3 Å². The standard InChI is InChI=1S/C15H21N3O2/c1-16-14(19)9-11-5-2-3-7-13(11)18-15(20)12-6-4-8-17-10-12/h2-3,5,7,12,17H,4,6,8-10H2,1H3,(H,16,19)(H,18,20)/t12-/m1/s1. The van der Waals surface area contributed by atoms with Crippen molar-refractivity contribution in [3.8, 4) is 0 Å². The Morgan fingerprint density at radius 2 is 2.15 bits per heavy atom. The molecule has 0 unspecified atom stereocenters. The first-order chi connectivity index (χ1) is 9.70. The van der Waals surface area contributed by atoms with E-state index in [0.717, 1.165) is 37.2 Å². The fraction of sp³-hybridized carbons (Fsp3) is 0.467. The molecule has 2 rings (SSSR count). The summed E-state index contributed by atoms with van der Waals surface area (Å²) in [5, 5.41) is 8.78. The van der Waals surface area contributed by atoms with Gasteiger partial charge in [0.25, 0.3) is 0 Å². The molecule has 1 heterocycles. The van der Waals surface area contributed by atoms with Crippen LogP contribution in [0.5, 0.6) is 0 Å². The van der Waals surface area contributed by atoms with E-state index >= 15 is 0 Å². The first-order valence-electron chi connectivity index (χ1n) is 7.00. The molecule has 0 saturated carbocycles. The average Bonchev–Trinajstić information content (AvgIpc) is 2.50. The third-order valence-corrected chi connectivity index (χ3v) is 3.57. The van der Waals surface area contributed by atoms with E-state index in [4.69, 9.17) is 0 Å². The molecule has 0 bridgehead atoms. The lowest BCUT2D eigenvalue weighted by atomic mass is 9.98. The molecule has 108 valence electrons. The van der Waals surface area contributed by atoms with Crippen LogP contribution in [0.1, 0.15) is 18.4 Å². The van der Waals surface area contributed by atoms with E-state index in [1.54, 1.807) is 7.05 Å². The molecule has 1 aliphatic rings. The molecule has 1 aliphatic heterocycles. The Kier molecular flexibility index (Phi) is 5.12. The molecule has 0 spiro atoms. The number of nitrogens with one attached hydrogen (secondary N) is 3. The molecule has 5 heteroatoms. The normalized spacial score (nSPS) is 18.4. The third-order valence-electron chi connectivity index (χ3n) is 3.57. The second-order valence-corrected chi connectivity index (χ2v) is 5.04. The van der Waals surface area contributed by atoms with Gasteiger partial charge < -0.3 is 16.0 Å². The lowest BCUT2D eigenvalue weighted by Gasteiger charge is -2.22. The fourth-order valence-electron chi connectivity index (χ4n) is 2.37. The number of para-hydroxylation sites is 1. The van der Waals surface area contributed by atoms with E-state index in [2.05, 4.69) is 16.0 Å². The molecular weight excluding hydrogens is 254 g/mol. The number of piperidine rings is 1. The number of amides is 2. The highest BCUT2D eigenvalue weighted by atomic mass is 16.2. The summed E-state index contributed by atoms with van der Waals surface area (Å²) in [6.45, 7) is 1.71. The van der Waals surface area contributed by atoms with Gasteiger partial charge in [0.15, 0.2) is 0 Å². The molecule has 5 nitrogen and oxygen atoms in total. The van der Waals surface area contributed by atoms with Gasteiger partial charge in [0, 0.05) is 19.3 Å². The maximum absolute atomic E-state index is 12.2. The summed E-state index contributed by atoms with van der Waals surface area (Å²) in [6.07, 6.45) is 2.21. The number of hydrogen-bond acceptors (Lipinski definition) is 3. The predicted octanol–water partition coefficient (Wildman–Crippen LogP) is 0.913. The second-order valence-electron chi connectivity index (χ2n) is 5.04. The van der Waals surface area contributed by atoms with Gasteiger partial charge in [-0.2, -0.15) is 0 Å². The Morgan fingerprint density at radius 3 is 2.85 bits per heavy atom. The summed E-state index contributed by atoms with van der Waals surface area (Å²) in [5.74, 6) is -0.0237. The van der Waals surface area contributed by atoms with Crippen molar-refractivity contribution in [1.29, 1.82) is 0 Å².